The fourth-order valence-corrected chi connectivity index (χ4v) is 2.11. The highest BCUT2D eigenvalue weighted by molar-refractivity contribution is 5.03. The molecule has 2 heterocycles. The van der Waals surface area contributed by atoms with Crippen molar-refractivity contribution < 1.29 is 9.84 Å². The Hall–Kier alpha value is -1.00. The van der Waals surface area contributed by atoms with Crippen LogP contribution in [0.5, 0.6) is 0 Å². The smallest absolute Gasteiger partial charge is 0.156 e. The van der Waals surface area contributed by atoms with E-state index in [1.54, 1.807) is 12.4 Å². The molecule has 2 unspecified atom stereocenters. The SMILES string of the molecule is Cc1cnc(C(O)CCCC2CCCO2)nc1. The summed E-state index contributed by atoms with van der Waals surface area (Å²) in [7, 11) is 0. The number of aliphatic hydroxyl groups is 1. The Kier molecular flexibility index (Phi) is 4.45. The van der Waals surface area contributed by atoms with Gasteiger partial charge in [-0.2, -0.15) is 0 Å². The number of aryl methyl sites for hydroxylation is 1. The summed E-state index contributed by atoms with van der Waals surface area (Å²) in [6, 6.07) is 0. The van der Waals surface area contributed by atoms with Gasteiger partial charge in [-0.3, -0.25) is 0 Å². The van der Waals surface area contributed by atoms with Crippen molar-refractivity contribution in [3.8, 4) is 0 Å². The van der Waals surface area contributed by atoms with E-state index < -0.39 is 6.10 Å². The minimum atomic E-state index is -0.544. The van der Waals surface area contributed by atoms with E-state index in [0.717, 1.165) is 31.4 Å². The lowest BCUT2D eigenvalue weighted by Gasteiger charge is -2.11. The lowest BCUT2D eigenvalue weighted by Crippen LogP contribution is -2.07. The summed E-state index contributed by atoms with van der Waals surface area (Å²) in [5.41, 5.74) is 1.01. The van der Waals surface area contributed by atoms with Crippen LogP contribution in [0.2, 0.25) is 0 Å². The van der Waals surface area contributed by atoms with Crippen LogP contribution in [0.25, 0.3) is 0 Å². The maximum Gasteiger partial charge on any atom is 0.156 e. The molecule has 4 heteroatoms. The Balaban J connectivity index is 1.72. The summed E-state index contributed by atoms with van der Waals surface area (Å²) in [5.74, 6) is 0.531. The van der Waals surface area contributed by atoms with Crippen LogP contribution in [0.15, 0.2) is 12.4 Å². The number of nitrogens with zero attached hydrogens (tertiary/aromatic N) is 2. The van der Waals surface area contributed by atoms with E-state index in [1.165, 1.54) is 6.42 Å². The molecule has 2 rings (SSSR count). The third kappa shape index (κ3) is 3.75. The number of aromatic nitrogens is 2. The van der Waals surface area contributed by atoms with Gasteiger partial charge in [-0.15, -0.1) is 0 Å². The predicted molar refractivity (Wildman–Crippen MR) is 64.6 cm³/mol. The first kappa shape index (κ1) is 12.5. The van der Waals surface area contributed by atoms with Gasteiger partial charge in [0.05, 0.1) is 6.10 Å². The highest BCUT2D eigenvalue weighted by Crippen LogP contribution is 2.21. The van der Waals surface area contributed by atoms with Crippen LogP contribution in [0.1, 0.15) is 49.6 Å². The second-order valence-electron chi connectivity index (χ2n) is 4.70. The number of aliphatic hydroxyl groups excluding tert-OH is 1. The Morgan fingerprint density at radius 2 is 2.24 bits per heavy atom. The molecule has 4 nitrogen and oxygen atoms in total. The van der Waals surface area contributed by atoms with Gasteiger partial charge in [-0.05, 0) is 44.6 Å². The molecule has 1 N–H and O–H groups in total. The van der Waals surface area contributed by atoms with Gasteiger partial charge in [0.15, 0.2) is 5.82 Å². The molecule has 1 fully saturated rings. The average Bonchev–Trinajstić information content (AvgIpc) is 2.83. The maximum atomic E-state index is 9.92. The summed E-state index contributed by atoms with van der Waals surface area (Å²) < 4.78 is 5.54. The van der Waals surface area contributed by atoms with E-state index >= 15 is 0 Å². The molecule has 0 bridgehead atoms. The summed E-state index contributed by atoms with van der Waals surface area (Å²) in [6.07, 6.45) is 8.38. The van der Waals surface area contributed by atoms with Gasteiger partial charge in [0, 0.05) is 19.0 Å². The Morgan fingerprint density at radius 3 is 2.88 bits per heavy atom. The Labute approximate surface area is 102 Å². The molecule has 0 amide bonds. The number of ether oxygens (including phenoxy) is 1. The van der Waals surface area contributed by atoms with Crippen molar-refractivity contribution in [2.45, 2.75) is 51.2 Å². The zero-order valence-corrected chi connectivity index (χ0v) is 10.3. The van der Waals surface area contributed by atoms with E-state index in [9.17, 15) is 5.11 Å². The van der Waals surface area contributed by atoms with Crippen LogP contribution >= 0.6 is 0 Å². The summed E-state index contributed by atoms with van der Waals surface area (Å²) >= 11 is 0. The van der Waals surface area contributed by atoms with Crippen LogP contribution in [-0.2, 0) is 4.74 Å². The molecule has 0 saturated carbocycles. The minimum Gasteiger partial charge on any atom is -0.385 e. The van der Waals surface area contributed by atoms with Crippen molar-refractivity contribution in [1.29, 1.82) is 0 Å². The van der Waals surface area contributed by atoms with Gasteiger partial charge < -0.3 is 9.84 Å². The number of rotatable bonds is 5. The quantitative estimate of drug-likeness (QED) is 0.851. The van der Waals surface area contributed by atoms with Crippen molar-refractivity contribution in [1.82, 2.24) is 9.97 Å². The van der Waals surface area contributed by atoms with Crippen molar-refractivity contribution in [2.75, 3.05) is 6.61 Å². The molecule has 17 heavy (non-hydrogen) atoms. The molecule has 1 aromatic rings. The van der Waals surface area contributed by atoms with Crippen molar-refractivity contribution >= 4 is 0 Å². The molecule has 1 aliphatic heterocycles. The molecule has 0 radical (unpaired) electrons. The highest BCUT2D eigenvalue weighted by atomic mass is 16.5. The second-order valence-corrected chi connectivity index (χ2v) is 4.70. The van der Waals surface area contributed by atoms with Crippen LogP contribution in [0.4, 0.5) is 0 Å². The zero-order chi connectivity index (χ0) is 12.1. The van der Waals surface area contributed by atoms with Gasteiger partial charge in [-0.1, -0.05) is 0 Å². The van der Waals surface area contributed by atoms with Crippen molar-refractivity contribution in [2.24, 2.45) is 0 Å². The Bertz CT molecular complexity index is 334. The standard InChI is InChI=1S/C13H20N2O2/c1-10-8-14-13(15-9-10)12(16)6-2-4-11-5-3-7-17-11/h8-9,11-12,16H,2-7H2,1H3. The Morgan fingerprint density at radius 1 is 1.47 bits per heavy atom. The van der Waals surface area contributed by atoms with Gasteiger partial charge >= 0.3 is 0 Å². The van der Waals surface area contributed by atoms with Gasteiger partial charge in [-0.25, -0.2) is 9.97 Å². The van der Waals surface area contributed by atoms with Crippen LogP contribution < -0.4 is 0 Å². The molecule has 1 saturated heterocycles. The largest absolute Gasteiger partial charge is 0.385 e. The number of hydrogen-bond acceptors (Lipinski definition) is 4. The average molecular weight is 236 g/mol. The molecule has 2 atom stereocenters. The molecular formula is C13H20N2O2. The van der Waals surface area contributed by atoms with E-state index in [1.807, 2.05) is 6.92 Å². The highest BCUT2D eigenvalue weighted by Gasteiger charge is 2.16. The fourth-order valence-electron chi connectivity index (χ4n) is 2.11. The van der Waals surface area contributed by atoms with E-state index in [2.05, 4.69) is 9.97 Å². The summed E-state index contributed by atoms with van der Waals surface area (Å²) in [6.45, 7) is 2.84. The lowest BCUT2D eigenvalue weighted by molar-refractivity contribution is 0.0933. The topological polar surface area (TPSA) is 55.2 Å². The monoisotopic (exact) mass is 236 g/mol. The maximum absolute atomic E-state index is 9.92. The predicted octanol–water partition coefficient (Wildman–Crippen LogP) is 2.17. The first-order valence-electron chi connectivity index (χ1n) is 6.34. The van der Waals surface area contributed by atoms with E-state index in [0.29, 0.717) is 18.3 Å². The van der Waals surface area contributed by atoms with Gasteiger partial charge in [0.2, 0.25) is 0 Å². The number of hydrogen-bond donors (Lipinski definition) is 1. The molecule has 0 aromatic carbocycles. The molecule has 0 aliphatic carbocycles. The minimum absolute atomic E-state index is 0.404. The molecular weight excluding hydrogens is 216 g/mol. The lowest BCUT2D eigenvalue weighted by atomic mass is 10.1. The van der Waals surface area contributed by atoms with Crippen LogP contribution in [0, 0.1) is 6.92 Å². The molecule has 94 valence electrons. The van der Waals surface area contributed by atoms with E-state index in [-0.39, 0.29) is 0 Å². The molecule has 1 aliphatic rings. The normalized spacial score (nSPS) is 21.6. The van der Waals surface area contributed by atoms with Crippen molar-refractivity contribution in [3.63, 3.8) is 0 Å². The van der Waals surface area contributed by atoms with E-state index in [4.69, 9.17) is 4.74 Å². The first-order chi connectivity index (χ1) is 8.25. The first-order valence-corrected chi connectivity index (χ1v) is 6.34. The fraction of sp³-hybridized carbons (Fsp3) is 0.692. The summed E-state index contributed by atoms with van der Waals surface area (Å²) in [5, 5.41) is 9.92. The zero-order valence-electron chi connectivity index (χ0n) is 10.3. The van der Waals surface area contributed by atoms with Crippen molar-refractivity contribution in [3.05, 3.63) is 23.8 Å². The van der Waals surface area contributed by atoms with Crippen LogP contribution in [-0.4, -0.2) is 27.8 Å². The van der Waals surface area contributed by atoms with Gasteiger partial charge in [0.25, 0.3) is 0 Å². The second kappa shape index (κ2) is 6.07. The third-order valence-corrected chi connectivity index (χ3v) is 3.13. The summed E-state index contributed by atoms with van der Waals surface area (Å²) in [4.78, 5) is 8.27. The molecule has 1 aromatic heterocycles. The molecule has 0 spiro atoms. The third-order valence-electron chi connectivity index (χ3n) is 3.13. The van der Waals surface area contributed by atoms with Crippen LogP contribution in [0.3, 0.4) is 0 Å². The van der Waals surface area contributed by atoms with Gasteiger partial charge in [0.1, 0.15) is 6.10 Å².